The van der Waals surface area contributed by atoms with Crippen molar-refractivity contribution < 1.29 is 34.1 Å². The highest BCUT2D eigenvalue weighted by atomic mass is 16.5. The summed E-state index contributed by atoms with van der Waals surface area (Å²) in [5.41, 5.74) is 3.13. The van der Waals surface area contributed by atoms with Crippen LogP contribution in [0.4, 0.5) is 0 Å². The van der Waals surface area contributed by atoms with E-state index >= 15 is 0 Å². The highest BCUT2D eigenvalue weighted by Crippen LogP contribution is 2.51. The van der Waals surface area contributed by atoms with Crippen LogP contribution in [0.3, 0.4) is 0 Å². The molecule has 0 saturated carbocycles. The summed E-state index contributed by atoms with van der Waals surface area (Å²) >= 11 is 0. The molecule has 1 aliphatic carbocycles. The molecule has 0 fully saturated rings. The van der Waals surface area contributed by atoms with Crippen LogP contribution in [0.1, 0.15) is 46.8 Å². The van der Waals surface area contributed by atoms with Gasteiger partial charge in [0.2, 0.25) is 11.8 Å². The molecule has 2 aliphatic rings. The molecule has 9 heteroatoms. The Bertz CT molecular complexity index is 1240. The lowest BCUT2D eigenvalue weighted by atomic mass is 9.77. The fourth-order valence-electron chi connectivity index (χ4n) is 5.11. The average Bonchev–Trinajstić information content (AvgIpc) is 3.31. The second kappa shape index (κ2) is 11.4. The van der Waals surface area contributed by atoms with E-state index in [0.29, 0.717) is 28.9 Å². The van der Waals surface area contributed by atoms with Crippen molar-refractivity contribution >= 4 is 18.1 Å². The molecule has 1 aliphatic heterocycles. The van der Waals surface area contributed by atoms with Crippen LogP contribution in [0.5, 0.6) is 11.5 Å². The number of nitrogens with zero attached hydrogens (tertiary/aromatic N) is 1. The summed E-state index contributed by atoms with van der Waals surface area (Å²) in [5.74, 6) is -1.05. The van der Waals surface area contributed by atoms with E-state index in [2.05, 4.69) is 5.32 Å². The van der Waals surface area contributed by atoms with Crippen LogP contribution in [-0.2, 0) is 16.1 Å². The first-order valence-electron chi connectivity index (χ1n) is 12.7. The van der Waals surface area contributed by atoms with E-state index in [4.69, 9.17) is 9.47 Å². The number of rotatable bonds is 9. The van der Waals surface area contributed by atoms with Crippen LogP contribution in [0.2, 0.25) is 0 Å². The Balaban J connectivity index is 1.83. The summed E-state index contributed by atoms with van der Waals surface area (Å²) in [6.45, 7) is 5.56. The van der Waals surface area contributed by atoms with E-state index in [0.717, 1.165) is 11.1 Å². The summed E-state index contributed by atoms with van der Waals surface area (Å²) < 4.78 is 11.7. The number of ether oxygens (including phenoxy) is 2. The third-order valence-corrected chi connectivity index (χ3v) is 7.02. The Labute approximate surface area is 222 Å². The minimum Gasteiger partial charge on any atom is -0.493 e. The van der Waals surface area contributed by atoms with Gasteiger partial charge in [-0.15, -0.1) is 0 Å². The largest absolute Gasteiger partial charge is 0.493 e. The smallest absolute Gasteiger partial charge is 0.247 e. The summed E-state index contributed by atoms with van der Waals surface area (Å²) in [6.07, 6.45) is 0.203. The predicted molar refractivity (Wildman–Crippen MR) is 140 cm³/mol. The van der Waals surface area contributed by atoms with E-state index in [9.17, 15) is 24.6 Å². The number of fused-ring (bicyclic) bond motifs is 3. The quantitative estimate of drug-likeness (QED) is 0.431. The Morgan fingerprint density at radius 3 is 2.53 bits per heavy atom. The number of hydrogen-bond acceptors (Lipinski definition) is 7. The topological polar surface area (TPSA) is 125 Å². The monoisotopic (exact) mass is 522 g/mol. The zero-order valence-corrected chi connectivity index (χ0v) is 22.0. The molecule has 0 radical (unpaired) electrons. The average molecular weight is 523 g/mol. The second-order valence-electron chi connectivity index (χ2n) is 10.0. The lowest BCUT2D eigenvalue weighted by Gasteiger charge is -2.41. The first-order chi connectivity index (χ1) is 18.2. The van der Waals surface area contributed by atoms with Crippen LogP contribution in [0, 0.1) is 12.8 Å². The Morgan fingerprint density at radius 2 is 1.92 bits per heavy atom. The third-order valence-electron chi connectivity index (χ3n) is 7.02. The molecular formula is C29H34N2O7. The molecule has 2 amide bonds. The van der Waals surface area contributed by atoms with Crippen LogP contribution in [-0.4, -0.2) is 71.7 Å². The molecule has 4 atom stereocenters. The molecule has 1 heterocycles. The van der Waals surface area contributed by atoms with Gasteiger partial charge in [-0.2, -0.15) is 0 Å². The fourth-order valence-corrected chi connectivity index (χ4v) is 5.11. The van der Waals surface area contributed by atoms with Crippen LogP contribution in [0.25, 0.3) is 0 Å². The van der Waals surface area contributed by atoms with E-state index < -0.39 is 30.1 Å². The number of nitrogens with one attached hydrogen (secondary N) is 1. The SMILES string of the molecule is COc1cc(C=O)cc2c1OC1C2C(C(=O)NCCO)=CC(N(Cc2ccc(C)cc2)C(=O)C(C)C)C1O. The number of carbonyl (C=O) groups excluding carboxylic acids is 3. The highest BCUT2D eigenvalue weighted by Gasteiger charge is 2.51. The van der Waals surface area contributed by atoms with Crippen molar-refractivity contribution in [3.63, 3.8) is 0 Å². The Kier molecular flexibility index (Phi) is 8.18. The molecule has 2 aromatic rings. The van der Waals surface area contributed by atoms with E-state index in [1.54, 1.807) is 30.9 Å². The fraction of sp³-hybridized carbons (Fsp3) is 0.414. The van der Waals surface area contributed by atoms with Gasteiger partial charge < -0.3 is 29.9 Å². The number of aliphatic hydroxyl groups is 2. The van der Waals surface area contributed by atoms with Crippen molar-refractivity contribution in [2.45, 2.75) is 51.5 Å². The van der Waals surface area contributed by atoms with Crippen molar-refractivity contribution in [3.05, 3.63) is 70.3 Å². The molecule has 0 bridgehead atoms. The van der Waals surface area contributed by atoms with Gasteiger partial charge in [-0.05, 0) is 30.7 Å². The zero-order valence-electron chi connectivity index (χ0n) is 22.0. The third kappa shape index (κ3) is 5.16. The van der Waals surface area contributed by atoms with Gasteiger partial charge in [0.1, 0.15) is 18.5 Å². The predicted octanol–water partition coefficient (Wildman–Crippen LogP) is 2.12. The first kappa shape index (κ1) is 27.3. The van der Waals surface area contributed by atoms with Gasteiger partial charge in [0.15, 0.2) is 11.5 Å². The molecule has 2 aromatic carbocycles. The highest BCUT2D eigenvalue weighted by molar-refractivity contribution is 5.96. The van der Waals surface area contributed by atoms with Gasteiger partial charge in [0.05, 0.1) is 25.7 Å². The number of amides is 2. The van der Waals surface area contributed by atoms with Gasteiger partial charge in [-0.1, -0.05) is 43.7 Å². The number of aliphatic hydroxyl groups excluding tert-OH is 2. The zero-order chi connectivity index (χ0) is 27.6. The molecule has 9 nitrogen and oxygen atoms in total. The van der Waals surface area contributed by atoms with Crippen molar-refractivity contribution in [3.8, 4) is 11.5 Å². The molecule has 4 unspecified atom stereocenters. The number of hydrogen-bond donors (Lipinski definition) is 3. The Morgan fingerprint density at radius 1 is 1.21 bits per heavy atom. The number of aldehydes is 1. The minimum atomic E-state index is -1.18. The van der Waals surface area contributed by atoms with Gasteiger partial charge in [0.25, 0.3) is 0 Å². The maximum atomic E-state index is 13.5. The minimum absolute atomic E-state index is 0.0319. The normalized spacial score (nSPS) is 21.6. The van der Waals surface area contributed by atoms with E-state index in [-0.39, 0.29) is 37.1 Å². The number of carbonyl (C=O) groups is 3. The van der Waals surface area contributed by atoms with Crippen LogP contribution >= 0.6 is 0 Å². The molecule has 3 N–H and O–H groups in total. The molecule has 4 rings (SSSR count). The second-order valence-corrected chi connectivity index (χ2v) is 10.0. The van der Waals surface area contributed by atoms with E-state index in [1.807, 2.05) is 31.2 Å². The molecule has 0 spiro atoms. The number of benzene rings is 2. The first-order valence-corrected chi connectivity index (χ1v) is 12.7. The molecule has 0 saturated heterocycles. The standard InChI is InChI=1S/C29H34N2O7/c1-16(2)29(36)31(14-18-7-5-17(3)6-8-18)22-13-21(28(35)30-9-10-32)24-20-11-19(15-33)12-23(37-4)26(20)38-27(24)25(22)34/h5-8,11-13,15-16,22,24-25,27,32,34H,9-10,14H2,1-4H3,(H,30,35). The van der Waals surface area contributed by atoms with Gasteiger partial charge in [-0.25, -0.2) is 0 Å². The van der Waals surface area contributed by atoms with Crippen molar-refractivity contribution in [2.75, 3.05) is 20.3 Å². The van der Waals surface area contributed by atoms with Crippen LogP contribution < -0.4 is 14.8 Å². The maximum Gasteiger partial charge on any atom is 0.247 e. The van der Waals surface area contributed by atoms with Crippen molar-refractivity contribution in [2.24, 2.45) is 5.92 Å². The van der Waals surface area contributed by atoms with Gasteiger partial charge in [-0.3, -0.25) is 14.4 Å². The summed E-state index contributed by atoms with van der Waals surface area (Å²) in [4.78, 5) is 40.0. The maximum absolute atomic E-state index is 13.5. The van der Waals surface area contributed by atoms with Gasteiger partial charge in [0, 0.05) is 35.7 Å². The summed E-state index contributed by atoms with van der Waals surface area (Å²) in [5, 5.41) is 23.6. The lowest BCUT2D eigenvalue weighted by Crippen LogP contribution is -2.56. The summed E-state index contributed by atoms with van der Waals surface area (Å²) in [6, 6.07) is 10.1. The molecular weight excluding hydrogens is 488 g/mol. The number of methoxy groups -OCH3 is 1. The van der Waals surface area contributed by atoms with E-state index in [1.165, 1.54) is 13.2 Å². The Hall–Kier alpha value is -3.69. The van der Waals surface area contributed by atoms with Gasteiger partial charge >= 0.3 is 0 Å². The molecule has 202 valence electrons. The van der Waals surface area contributed by atoms with Crippen molar-refractivity contribution in [1.82, 2.24) is 10.2 Å². The summed E-state index contributed by atoms with van der Waals surface area (Å²) in [7, 11) is 1.45. The molecule has 0 aromatic heterocycles. The lowest BCUT2D eigenvalue weighted by molar-refractivity contribution is -0.141. The van der Waals surface area contributed by atoms with Crippen molar-refractivity contribution in [1.29, 1.82) is 0 Å². The molecule has 38 heavy (non-hydrogen) atoms. The van der Waals surface area contributed by atoms with Crippen LogP contribution in [0.15, 0.2) is 48.0 Å². The number of aryl methyl sites for hydroxylation is 1.